The molecule has 0 spiro atoms. The van der Waals surface area contributed by atoms with Crippen LogP contribution in [-0.2, 0) is 6.54 Å². The number of rotatable bonds is 3. The Balaban J connectivity index is 1.82. The van der Waals surface area contributed by atoms with Crippen LogP contribution in [0.3, 0.4) is 0 Å². The van der Waals surface area contributed by atoms with Crippen molar-refractivity contribution >= 4 is 0 Å². The predicted octanol–water partition coefficient (Wildman–Crippen LogP) is 1.12. The molecule has 1 fully saturated rings. The van der Waals surface area contributed by atoms with Gasteiger partial charge in [-0.25, -0.2) is 0 Å². The Labute approximate surface area is 90.8 Å². The molecule has 4 nitrogen and oxygen atoms in total. The van der Waals surface area contributed by atoms with Gasteiger partial charge in [0, 0.05) is 32.2 Å². The monoisotopic (exact) mass is 209 g/mol. The molecule has 0 radical (unpaired) electrons. The van der Waals surface area contributed by atoms with Crippen molar-refractivity contribution < 1.29 is 4.52 Å². The lowest BCUT2D eigenvalue weighted by molar-refractivity contribution is 0.122. The first-order valence-electron chi connectivity index (χ1n) is 5.65. The Bertz CT molecular complexity index is 303. The molecule has 4 heteroatoms. The topological polar surface area (TPSA) is 32.5 Å². The normalized spacial score (nSPS) is 19.6. The van der Waals surface area contributed by atoms with E-state index in [0.29, 0.717) is 0 Å². The van der Waals surface area contributed by atoms with Gasteiger partial charge >= 0.3 is 0 Å². The van der Waals surface area contributed by atoms with Crippen molar-refractivity contribution in [2.75, 3.05) is 32.7 Å². The summed E-state index contributed by atoms with van der Waals surface area (Å²) in [6.07, 6.45) is 0. The van der Waals surface area contributed by atoms with Crippen molar-refractivity contribution in [1.29, 1.82) is 0 Å². The average molecular weight is 209 g/mol. The second kappa shape index (κ2) is 4.77. The van der Waals surface area contributed by atoms with Crippen LogP contribution in [0.1, 0.15) is 18.4 Å². The van der Waals surface area contributed by atoms with Gasteiger partial charge in [0.2, 0.25) is 0 Å². The highest BCUT2D eigenvalue weighted by molar-refractivity contribution is 5.02. The molecular weight excluding hydrogens is 190 g/mol. The number of piperazine rings is 1. The minimum atomic E-state index is 0.901. The van der Waals surface area contributed by atoms with Gasteiger partial charge < -0.3 is 9.42 Å². The highest BCUT2D eigenvalue weighted by Crippen LogP contribution is 2.09. The van der Waals surface area contributed by atoms with Crippen molar-refractivity contribution in [3.05, 3.63) is 17.5 Å². The highest BCUT2D eigenvalue weighted by Gasteiger charge is 2.16. The number of likely N-dealkylation sites (N-methyl/N-ethyl adjacent to an activating group) is 1. The molecule has 2 heterocycles. The number of aryl methyl sites for hydroxylation is 1. The zero-order valence-electron chi connectivity index (χ0n) is 9.57. The summed E-state index contributed by atoms with van der Waals surface area (Å²) >= 11 is 0. The Hall–Kier alpha value is -0.870. The van der Waals surface area contributed by atoms with Crippen LogP contribution in [0.4, 0.5) is 0 Å². The van der Waals surface area contributed by atoms with E-state index in [2.05, 4.69) is 21.9 Å². The average Bonchev–Trinajstić information content (AvgIpc) is 2.65. The van der Waals surface area contributed by atoms with E-state index in [-0.39, 0.29) is 0 Å². The second-order valence-electron chi connectivity index (χ2n) is 4.15. The fourth-order valence-corrected chi connectivity index (χ4v) is 1.97. The van der Waals surface area contributed by atoms with Crippen LogP contribution in [0.25, 0.3) is 0 Å². The van der Waals surface area contributed by atoms with E-state index in [4.69, 9.17) is 4.52 Å². The van der Waals surface area contributed by atoms with Crippen molar-refractivity contribution in [3.8, 4) is 0 Å². The first kappa shape index (κ1) is 10.6. The van der Waals surface area contributed by atoms with Crippen LogP contribution < -0.4 is 0 Å². The van der Waals surface area contributed by atoms with Crippen LogP contribution in [0.2, 0.25) is 0 Å². The lowest BCUT2D eigenvalue weighted by Gasteiger charge is -2.33. The third-order valence-corrected chi connectivity index (χ3v) is 2.97. The van der Waals surface area contributed by atoms with Crippen LogP contribution in [0.15, 0.2) is 10.6 Å². The molecule has 0 N–H and O–H groups in total. The minimum absolute atomic E-state index is 0.901. The molecule has 1 saturated heterocycles. The van der Waals surface area contributed by atoms with E-state index in [1.165, 1.54) is 13.1 Å². The summed E-state index contributed by atoms with van der Waals surface area (Å²) in [5.74, 6) is 0.984. The number of hydrogen-bond acceptors (Lipinski definition) is 4. The molecular formula is C11H19N3O. The van der Waals surface area contributed by atoms with E-state index in [9.17, 15) is 0 Å². The third-order valence-electron chi connectivity index (χ3n) is 2.97. The van der Waals surface area contributed by atoms with E-state index < -0.39 is 0 Å². The van der Waals surface area contributed by atoms with Gasteiger partial charge in [-0.1, -0.05) is 12.1 Å². The number of hydrogen-bond donors (Lipinski definition) is 0. The molecule has 1 aromatic rings. The maximum absolute atomic E-state index is 5.21. The fraction of sp³-hybridized carbons (Fsp3) is 0.727. The summed E-state index contributed by atoms with van der Waals surface area (Å²) in [6, 6.07) is 2.02. The second-order valence-corrected chi connectivity index (χ2v) is 4.15. The van der Waals surface area contributed by atoms with Crippen LogP contribution in [0, 0.1) is 6.92 Å². The summed E-state index contributed by atoms with van der Waals surface area (Å²) < 4.78 is 5.21. The third kappa shape index (κ3) is 2.79. The first-order chi connectivity index (χ1) is 7.28. The summed E-state index contributed by atoms with van der Waals surface area (Å²) in [6.45, 7) is 10.8. The summed E-state index contributed by atoms with van der Waals surface area (Å²) in [5, 5.41) is 3.90. The molecule has 0 aliphatic carbocycles. The van der Waals surface area contributed by atoms with Crippen LogP contribution in [-0.4, -0.2) is 47.7 Å². The summed E-state index contributed by atoms with van der Waals surface area (Å²) in [4.78, 5) is 4.90. The van der Waals surface area contributed by atoms with Gasteiger partial charge in [-0.3, -0.25) is 4.90 Å². The largest absolute Gasteiger partial charge is 0.360 e. The number of nitrogens with zero attached hydrogens (tertiary/aromatic N) is 3. The molecule has 1 aromatic heterocycles. The molecule has 15 heavy (non-hydrogen) atoms. The molecule has 0 aromatic carbocycles. The van der Waals surface area contributed by atoms with E-state index in [1.807, 2.05) is 13.0 Å². The van der Waals surface area contributed by atoms with Gasteiger partial charge in [0.15, 0.2) is 5.76 Å². The molecule has 0 atom stereocenters. The van der Waals surface area contributed by atoms with Gasteiger partial charge in [-0.05, 0) is 13.5 Å². The Morgan fingerprint density at radius 1 is 1.27 bits per heavy atom. The maximum atomic E-state index is 5.21. The SMILES string of the molecule is CCN1CCN(Cc2cc(C)no2)CC1. The molecule has 1 aliphatic rings. The van der Waals surface area contributed by atoms with Gasteiger partial charge in [0.1, 0.15) is 0 Å². The van der Waals surface area contributed by atoms with E-state index in [1.54, 1.807) is 0 Å². The molecule has 1 aliphatic heterocycles. The smallest absolute Gasteiger partial charge is 0.150 e. The minimum Gasteiger partial charge on any atom is -0.360 e. The molecule has 2 rings (SSSR count). The Morgan fingerprint density at radius 2 is 1.93 bits per heavy atom. The van der Waals surface area contributed by atoms with Gasteiger partial charge in [-0.2, -0.15) is 0 Å². The molecule has 0 bridgehead atoms. The van der Waals surface area contributed by atoms with Crippen molar-refractivity contribution in [1.82, 2.24) is 15.0 Å². The lowest BCUT2D eigenvalue weighted by atomic mass is 10.3. The van der Waals surface area contributed by atoms with Crippen molar-refractivity contribution in [2.45, 2.75) is 20.4 Å². The highest BCUT2D eigenvalue weighted by atomic mass is 16.5. The van der Waals surface area contributed by atoms with Gasteiger partial charge in [-0.15, -0.1) is 0 Å². The predicted molar refractivity (Wildman–Crippen MR) is 58.6 cm³/mol. The Kier molecular flexibility index (Phi) is 3.38. The molecule has 84 valence electrons. The van der Waals surface area contributed by atoms with Crippen LogP contribution >= 0.6 is 0 Å². The number of aromatic nitrogens is 1. The summed E-state index contributed by atoms with van der Waals surface area (Å²) in [7, 11) is 0. The maximum Gasteiger partial charge on any atom is 0.150 e. The van der Waals surface area contributed by atoms with Gasteiger partial charge in [0.05, 0.1) is 12.2 Å². The Morgan fingerprint density at radius 3 is 2.47 bits per heavy atom. The quantitative estimate of drug-likeness (QED) is 0.747. The van der Waals surface area contributed by atoms with Crippen LogP contribution in [0.5, 0.6) is 0 Å². The first-order valence-corrected chi connectivity index (χ1v) is 5.65. The standard InChI is InChI=1S/C11H19N3O/c1-3-13-4-6-14(7-5-13)9-11-8-10(2)12-15-11/h8H,3-7,9H2,1-2H3. The van der Waals surface area contributed by atoms with Crippen molar-refractivity contribution in [3.63, 3.8) is 0 Å². The molecule has 0 unspecified atom stereocenters. The molecule has 0 saturated carbocycles. The fourth-order valence-electron chi connectivity index (χ4n) is 1.97. The zero-order chi connectivity index (χ0) is 10.7. The van der Waals surface area contributed by atoms with Gasteiger partial charge in [0.25, 0.3) is 0 Å². The zero-order valence-corrected chi connectivity index (χ0v) is 9.57. The van der Waals surface area contributed by atoms with E-state index in [0.717, 1.165) is 37.6 Å². The lowest BCUT2D eigenvalue weighted by Crippen LogP contribution is -2.45. The van der Waals surface area contributed by atoms with E-state index >= 15 is 0 Å². The van der Waals surface area contributed by atoms with Crippen molar-refractivity contribution in [2.24, 2.45) is 0 Å². The molecule has 0 amide bonds. The summed E-state index contributed by atoms with van der Waals surface area (Å²) in [5.41, 5.74) is 0.970.